The van der Waals surface area contributed by atoms with Gasteiger partial charge >= 0.3 is 0 Å². The third-order valence-electron chi connectivity index (χ3n) is 11.4. The zero-order valence-corrected chi connectivity index (χ0v) is 31.2. The van der Waals surface area contributed by atoms with E-state index in [4.69, 9.17) is 9.97 Å². The predicted octanol–water partition coefficient (Wildman–Crippen LogP) is 13.6. The summed E-state index contributed by atoms with van der Waals surface area (Å²) in [5.41, 5.74) is 17.2. The highest BCUT2D eigenvalue weighted by Crippen LogP contribution is 2.63. The van der Waals surface area contributed by atoms with Crippen molar-refractivity contribution in [2.24, 2.45) is 0 Å². The van der Waals surface area contributed by atoms with Crippen LogP contribution in [0, 0.1) is 0 Å². The van der Waals surface area contributed by atoms with E-state index >= 15 is 0 Å². The Labute approximate surface area is 331 Å². The lowest BCUT2D eigenvalue weighted by Crippen LogP contribution is -2.32. The zero-order chi connectivity index (χ0) is 37.1. The summed E-state index contributed by atoms with van der Waals surface area (Å²) < 4.78 is 0. The van der Waals surface area contributed by atoms with Crippen LogP contribution in [0.15, 0.2) is 216 Å². The van der Waals surface area contributed by atoms with Crippen molar-refractivity contribution in [3.63, 3.8) is 0 Å². The van der Waals surface area contributed by atoms with Crippen molar-refractivity contribution in [2.45, 2.75) is 15.2 Å². The van der Waals surface area contributed by atoms with Gasteiger partial charge in [-0.3, -0.25) is 0 Å². The average molecular weight is 731 g/mol. The molecule has 1 aliphatic heterocycles. The van der Waals surface area contributed by atoms with E-state index in [-0.39, 0.29) is 0 Å². The second-order valence-electron chi connectivity index (χ2n) is 14.5. The molecule has 0 saturated carbocycles. The summed E-state index contributed by atoms with van der Waals surface area (Å²) in [4.78, 5) is 13.0. The quantitative estimate of drug-likeness (QED) is 0.176. The molecule has 1 aromatic heterocycles. The molecular formula is C53H34N2S. The maximum Gasteiger partial charge on any atom is 0.160 e. The molecule has 262 valence electrons. The van der Waals surface area contributed by atoms with Gasteiger partial charge in [0.1, 0.15) is 0 Å². The first-order valence-electron chi connectivity index (χ1n) is 19.1. The smallest absolute Gasteiger partial charge is 0.160 e. The topological polar surface area (TPSA) is 25.8 Å². The number of fused-ring (bicyclic) bond motifs is 9. The summed E-state index contributed by atoms with van der Waals surface area (Å²) in [7, 11) is 0. The van der Waals surface area contributed by atoms with Crippen molar-refractivity contribution in [3.8, 4) is 67.3 Å². The zero-order valence-electron chi connectivity index (χ0n) is 30.4. The molecule has 0 radical (unpaired) electrons. The molecule has 1 aliphatic carbocycles. The van der Waals surface area contributed by atoms with Gasteiger partial charge in [0.2, 0.25) is 0 Å². The standard InChI is InChI=1S/C53H34N2S/c1-3-15-35(16-4-1)36-29-31-38(32-30-36)49-34-48(37-17-5-2-6-18-37)54-52(55-49)40-20-13-19-39(33-40)41-23-14-27-47-51(41)56-50-28-12-11-26-46(50)53(47)44-24-9-7-21-42(44)43-22-8-10-25-45(43)53/h1-34H. The van der Waals surface area contributed by atoms with Crippen LogP contribution in [-0.4, -0.2) is 9.97 Å². The van der Waals surface area contributed by atoms with Crippen molar-refractivity contribution in [2.75, 3.05) is 0 Å². The second-order valence-corrected chi connectivity index (χ2v) is 15.5. The molecule has 2 heterocycles. The van der Waals surface area contributed by atoms with E-state index in [1.807, 2.05) is 17.8 Å². The highest BCUT2D eigenvalue weighted by atomic mass is 32.2. The van der Waals surface area contributed by atoms with Crippen molar-refractivity contribution in [1.82, 2.24) is 9.97 Å². The Bertz CT molecular complexity index is 2890. The van der Waals surface area contributed by atoms with Gasteiger partial charge in [-0.25, -0.2) is 9.97 Å². The maximum absolute atomic E-state index is 5.25. The number of benzene rings is 8. The van der Waals surface area contributed by atoms with E-state index < -0.39 is 5.41 Å². The fourth-order valence-corrected chi connectivity index (χ4v) is 10.2. The highest BCUT2D eigenvalue weighted by Gasteiger charge is 2.50. The fraction of sp³-hybridized carbons (Fsp3) is 0.0189. The normalized spacial score (nSPS) is 13.1. The van der Waals surface area contributed by atoms with Gasteiger partial charge in [-0.1, -0.05) is 200 Å². The van der Waals surface area contributed by atoms with Crippen molar-refractivity contribution in [1.29, 1.82) is 0 Å². The van der Waals surface area contributed by atoms with Gasteiger partial charge in [0.05, 0.1) is 16.8 Å². The minimum Gasteiger partial charge on any atom is -0.228 e. The summed E-state index contributed by atoms with van der Waals surface area (Å²) in [5, 5.41) is 0. The Balaban J connectivity index is 1.07. The third kappa shape index (κ3) is 5.12. The number of rotatable bonds is 5. The molecule has 8 aromatic carbocycles. The van der Waals surface area contributed by atoms with E-state index in [1.165, 1.54) is 59.9 Å². The molecule has 0 bridgehead atoms. The van der Waals surface area contributed by atoms with Gasteiger partial charge in [0.15, 0.2) is 5.82 Å². The van der Waals surface area contributed by atoms with Gasteiger partial charge in [0.25, 0.3) is 0 Å². The second kappa shape index (κ2) is 13.2. The molecule has 9 aromatic rings. The van der Waals surface area contributed by atoms with Crippen molar-refractivity contribution in [3.05, 3.63) is 229 Å². The fourth-order valence-electron chi connectivity index (χ4n) is 8.88. The summed E-state index contributed by atoms with van der Waals surface area (Å²) >= 11 is 1.88. The van der Waals surface area contributed by atoms with Gasteiger partial charge in [-0.15, -0.1) is 0 Å². The van der Waals surface area contributed by atoms with Crippen LogP contribution >= 0.6 is 11.8 Å². The van der Waals surface area contributed by atoms with Gasteiger partial charge in [-0.05, 0) is 73.8 Å². The van der Waals surface area contributed by atoms with Gasteiger partial charge in [-0.2, -0.15) is 0 Å². The molecule has 0 fully saturated rings. The Kier molecular flexibility index (Phi) is 7.68. The minimum atomic E-state index is -0.421. The molecule has 56 heavy (non-hydrogen) atoms. The van der Waals surface area contributed by atoms with Crippen LogP contribution < -0.4 is 0 Å². The molecule has 0 atom stereocenters. The van der Waals surface area contributed by atoms with Gasteiger partial charge in [0, 0.05) is 26.5 Å². The Morgan fingerprint density at radius 1 is 0.321 bits per heavy atom. The lowest BCUT2D eigenvalue weighted by atomic mass is 9.67. The van der Waals surface area contributed by atoms with Crippen molar-refractivity contribution >= 4 is 11.8 Å². The number of nitrogens with zero attached hydrogens (tertiary/aromatic N) is 2. The summed E-state index contributed by atoms with van der Waals surface area (Å²) in [6.45, 7) is 0. The van der Waals surface area contributed by atoms with Crippen LogP contribution in [0.2, 0.25) is 0 Å². The first-order valence-corrected chi connectivity index (χ1v) is 19.9. The van der Waals surface area contributed by atoms with Crippen LogP contribution in [0.4, 0.5) is 0 Å². The Morgan fingerprint density at radius 3 is 1.48 bits per heavy atom. The number of hydrogen-bond acceptors (Lipinski definition) is 3. The number of aromatic nitrogens is 2. The first kappa shape index (κ1) is 32.6. The van der Waals surface area contributed by atoms with E-state index in [9.17, 15) is 0 Å². The number of hydrogen-bond donors (Lipinski definition) is 0. The average Bonchev–Trinajstić information content (AvgIpc) is 3.57. The van der Waals surface area contributed by atoms with E-state index in [0.717, 1.165) is 33.6 Å². The molecule has 3 heteroatoms. The van der Waals surface area contributed by atoms with Crippen LogP contribution in [-0.2, 0) is 5.41 Å². The monoisotopic (exact) mass is 730 g/mol. The van der Waals surface area contributed by atoms with Crippen LogP contribution in [0.25, 0.3) is 67.3 Å². The minimum absolute atomic E-state index is 0.421. The molecule has 2 nitrogen and oxygen atoms in total. The molecule has 1 spiro atoms. The molecular weight excluding hydrogens is 697 g/mol. The van der Waals surface area contributed by atoms with E-state index in [0.29, 0.717) is 5.82 Å². The molecule has 2 aliphatic rings. The molecule has 0 N–H and O–H groups in total. The van der Waals surface area contributed by atoms with Crippen LogP contribution in [0.3, 0.4) is 0 Å². The summed E-state index contributed by atoms with van der Waals surface area (Å²) in [5.74, 6) is 0.702. The Morgan fingerprint density at radius 2 is 0.786 bits per heavy atom. The SMILES string of the molecule is c1ccc(-c2ccc(-c3cc(-c4ccccc4)nc(-c4cccc(-c5cccc6c5Sc5ccccc5C65c6ccccc6-c6ccccc65)c4)n3)cc2)cc1. The predicted molar refractivity (Wildman–Crippen MR) is 231 cm³/mol. The summed E-state index contributed by atoms with van der Waals surface area (Å²) in [6.07, 6.45) is 0. The lowest BCUT2D eigenvalue weighted by molar-refractivity contribution is 0.723. The lowest BCUT2D eigenvalue weighted by Gasteiger charge is -2.40. The molecule has 0 saturated heterocycles. The van der Waals surface area contributed by atoms with Gasteiger partial charge < -0.3 is 0 Å². The summed E-state index contributed by atoms with van der Waals surface area (Å²) in [6, 6.07) is 74.3. The molecule has 11 rings (SSSR count). The highest BCUT2D eigenvalue weighted by molar-refractivity contribution is 7.99. The van der Waals surface area contributed by atoms with E-state index in [2.05, 4.69) is 200 Å². The third-order valence-corrected chi connectivity index (χ3v) is 12.6. The Hall–Kier alpha value is -6.81. The van der Waals surface area contributed by atoms with E-state index in [1.54, 1.807) is 0 Å². The largest absolute Gasteiger partial charge is 0.228 e. The molecule has 0 unspecified atom stereocenters. The van der Waals surface area contributed by atoms with Crippen LogP contribution in [0.5, 0.6) is 0 Å². The first-order chi connectivity index (χ1) is 27.8. The van der Waals surface area contributed by atoms with Crippen LogP contribution in [0.1, 0.15) is 22.3 Å². The van der Waals surface area contributed by atoms with Crippen molar-refractivity contribution < 1.29 is 0 Å². The molecule has 0 amide bonds. The maximum atomic E-state index is 5.25.